The normalized spacial score (nSPS) is 14.3. The van der Waals surface area contributed by atoms with Crippen LogP contribution in [0.4, 0.5) is 10.5 Å². The molecule has 1 aliphatic heterocycles. The molecule has 0 saturated heterocycles. The number of halogens is 1. The van der Waals surface area contributed by atoms with E-state index in [1.165, 1.54) is 0 Å². The van der Waals surface area contributed by atoms with E-state index in [-0.39, 0.29) is 6.09 Å². The van der Waals surface area contributed by atoms with Crippen LogP contribution in [0.25, 0.3) is 0 Å². The summed E-state index contributed by atoms with van der Waals surface area (Å²) in [5, 5.41) is 3.82. The first-order valence-electron chi connectivity index (χ1n) is 6.28. The van der Waals surface area contributed by atoms with Gasteiger partial charge in [0, 0.05) is 23.3 Å². The Kier molecular flexibility index (Phi) is 3.63. The number of anilines is 1. The zero-order valence-electron chi connectivity index (χ0n) is 11.7. The Morgan fingerprint density at radius 1 is 1.32 bits per heavy atom. The lowest BCUT2D eigenvalue weighted by Crippen LogP contribution is -2.33. The number of benzene rings is 1. The van der Waals surface area contributed by atoms with E-state index in [4.69, 9.17) is 16.3 Å². The summed E-state index contributed by atoms with van der Waals surface area (Å²) in [4.78, 5) is 13.7. The van der Waals surface area contributed by atoms with Gasteiger partial charge in [-0.3, -0.25) is 4.90 Å². The second-order valence-corrected chi connectivity index (χ2v) is 6.05. The van der Waals surface area contributed by atoms with E-state index in [1.54, 1.807) is 4.90 Å². The number of carbonyl (C=O) groups excluding carboxylic acids is 1. The SMILES string of the molecule is CNc1ccc(Cl)c2c1CN(C(=O)OC(C)(C)C)C2. The molecule has 0 bridgehead atoms. The minimum atomic E-state index is -0.485. The molecule has 1 heterocycles. The van der Waals surface area contributed by atoms with E-state index in [0.717, 1.165) is 16.8 Å². The predicted octanol–water partition coefficient (Wildman–Crippen LogP) is 3.63. The van der Waals surface area contributed by atoms with Gasteiger partial charge in [0.25, 0.3) is 0 Å². The largest absolute Gasteiger partial charge is 0.444 e. The summed E-state index contributed by atoms with van der Waals surface area (Å²) < 4.78 is 5.39. The minimum absolute atomic E-state index is 0.304. The predicted molar refractivity (Wildman–Crippen MR) is 76.5 cm³/mol. The fourth-order valence-electron chi connectivity index (χ4n) is 2.14. The van der Waals surface area contributed by atoms with Crippen LogP contribution < -0.4 is 5.32 Å². The maximum Gasteiger partial charge on any atom is 0.410 e. The monoisotopic (exact) mass is 282 g/mol. The van der Waals surface area contributed by atoms with Crippen LogP contribution in [0.2, 0.25) is 5.02 Å². The second-order valence-electron chi connectivity index (χ2n) is 5.64. The lowest BCUT2D eigenvalue weighted by atomic mass is 10.1. The van der Waals surface area contributed by atoms with Crippen molar-refractivity contribution < 1.29 is 9.53 Å². The molecule has 5 heteroatoms. The number of hydrogen-bond donors (Lipinski definition) is 1. The van der Waals surface area contributed by atoms with Gasteiger partial charge in [0.1, 0.15) is 5.60 Å². The van der Waals surface area contributed by atoms with Crippen molar-refractivity contribution in [3.8, 4) is 0 Å². The van der Waals surface area contributed by atoms with Crippen molar-refractivity contribution in [3.05, 3.63) is 28.3 Å². The third-order valence-corrected chi connectivity index (χ3v) is 3.35. The summed E-state index contributed by atoms with van der Waals surface area (Å²) in [5.41, 5.74) is 2.59. The molecule has 0 spiro atoms. The molecule has 0 aliphatic carbocycles. The summed E-state index contributed by atoms with van der Waals surface area (Å²) >= 11 is 6.20. The molecule has 1 aliphatic rings. The molecule has 2 rings (SSSR count). The van der Waals surface area contributed by atoms with Crippen molar-refractivity contribution in [2.45, 2.75) is 39.5 Å². The van der Waals surface area contributed by atoms with Crippen LogP contribution in [0.5, 0.6) is 0 Å². The molecule has 0 aromatic heterocycles. The van der Waals surface area contributed by atoms with Crippen LogP contribution in [-0.4, -0.2) is 23.6 Å². The third kappa shape index (κ3) is 2.95. The zero-order valence-corrected chi connectivity index (χ0v) is 12.5. The number of hydrogen-bond acceptors (Lipinski definition) is 3. The first-order valence-corrected chi connectivity index (χ1v) is 6.65. The van der Waals surface area contributed by atoms with E-state index >= 15 is 0 Å². The lowest BCUT2D eigenvalue weighted by molar-refractivity contribution is 0.0242. The Labute approximate surface area is 118 Å². The summed E-state index contributed by atoms with van der Waals surface area (Å²) in [5.74, 6) is 0. The molecule has 0 saturated carbocycles. The van der Waals surface area contributed by atoms with Gasteiger partial charge in [-0.05, 0) is 38.5 Å². The highest BCUT2D eigenvalue weighted by molar-refractivity contribution is 6.31. The molecule has 104 valence electrons. The molecular formula is C14H19ClN2O2. The van der Waals surface area contributed by atoms with E-state index in [0.29, 0.717) is 18.1 Å². The van der Waals surface area contributed by atoms with Gasteiger partial charge < -0.3 is 10.1 Å². The number of carbonyl (C=O) groups is 1. The van der Waals surface area contributed by atoms with Gasteiger partial charge in [0.05, 0.1) is 13.1 Å². The van der Waals surface area contributed by atoms with Crippen molar-refractivity contribution in [2.75, 3.05) is 12.4 Å². The van der Waals surface area contributed by atoms with Crippen molar-refractivity contribution in [1.82, 2.24) is 4.90 Å². The van der Waals surface area contributed by atoms with E-state index in [2.05, 4.69) is 5.32 Å². The Morgan fingerprint density at radius 3 is 2.53 bits per heavy atom. The van der Waals surface area contributed by atoms with Crippen molar-refractivity contribution in [2.24, 2.45) is 0 Å². The lowest BCUT2D eigenvalue weighted by Gasteiger charge is -2.24. The minimum Gasteiger partial charge on any atom is -0.444 e. The molecule has 1 N–H and O–H groups in total. The Hall–Kier alpha value is -1.42. The van der Waals surface area contributed by atoms with Gasteiger partial charge in [-0.25, -0.2) is 4.79 Å². The maximum atomic E-state index is 12.1. The van der Waals surface area contributed by atoms with Gasteiger partial charge in [-0.15, -0.1) is 0 Å². The molecule has 0 radical (unpaired) electrons. The highest BCUT2D eigenvalue weighted by Crippen LogP contribution is 2.35. The van der Waals surface area contributed by atoms with E-state index in [1.807, 2.05) is 40.0 Å². The van der Waals surface area contributed by atoms with Gasteiger partial charge in [-0.2, -0.15) is 0 Å². The number of nitrogens with one attached hydrogen (secondary N) is 1. The average molecular weight is 283 g/mol. The van der Waals surface area contributed by atoms with Crippen LogP contribution in [0.1, 0.15) is 31.9 Å². The number of nitrogens with zero attached hydrogens (tertiary/aromatic N) is 1. The number of rotatable bonds is 1. The Balaban J connectivity index is 2.20. The summed E-state index contributed by atoms with van der Waals surface area (Å²) in [6.45, 7) is 6.61. The first kappa shape index (κ1) is 14.0. The molecule has 0 atom stereocenters. The summed E-state index contributed by atoms with van der Waals surface area (Å²) in [7, 11) is 1.86. The third-order valence-electron chi connectivity index (χ3n) is 2.99. The molecule has 19 heavy (non-hydrogen) atoms. The first-order chi connectivity index (χ1) is 8.81. The summed E-state index contributed by atoms with van der Waals surface area (Å²) in [6, 6.07) is 3.78. The number of amides is 1. The fraction of sp³-hybridized carbons (Fsp3) is 0.500. The standard InChI is InChI=1S/C14H19ClN2O2/c1-14(2,3)19-13(18)17-7-9-10(8-17)12(16-4)6-5-11(9)15/h5-6,16H,7-8H2,1-4H3. The quantitative estimate of drug-likeness (QED) is 0.855. The molecule has 4 nitrogen and oxygen atoms in total. The topological polar surface area (TPSA) is 41.6 Å². The number of ether oxygens (including phenoxy) is 1. The summed E-state index contributed by atoms with van der Waals surface area (Å²) in [6.07, 6.45) is -0.304. The van der Waals surface area contributed by atoms with Crippen LogP contribution in [0, 0.1) is 0 Å². The van der Waals surface area contributed by atoms with Gasteiger partial charge >= 0.3 is 6.09 Å². The Morgan fingerprint density at radius 2 is 1.95 bits per heavy atom. The van der Waals surface area contributed by atoms with Crippen molar-refractivity contribution in [3.63, 3.8) is 0 Å². The maximum absolute atomic E-state index is 12.1. The highest BCUT2D eigenvalue weighted by atomic mass is 35.5. The molecule has 1 aromatic carbocycles. The number of fused-ring (bicyclic) bond motifs is 1. The van der Waals surface area contributed by atoms with E-state index in [9.17, 15) is 4.79 Å². The van der Waals surface area contributed by atoms with Crippen molar-refractivity contribution in [1.29, 1.82) is 0 Å². The van der Waals surface area contributed by atoms with Crippen LogP contribution in [0.3, 0.4) is 0 Å². The van der Waals surface area contributed by atoms with Crippen molar-refractivity contribution >= 4 is 23.4 Å². The van der Waals surface area contributed by atoms with Gasteiger partial charge in [0.15, 0.2) is 0 Å². The molecule has 0 unspecified atom stereocenters. The molecule has 0 fully saturated rings. The Bertz CT molecular complexity index is 509. The fourth-order valence-corrected chi connectivity index (χ4v) is 2.38. The highest BCUT2D eigenvalue weighted by Gasteiger charge is 2.30. The van der Waals surface area contributed by atoms with Crippen LogP contribution in [-0.2, 0) is 17.8 Å². The zero-order chi connectivity index (χ0) is 14.2. The van der Waals surface area contributed by atoms with Gasteiger partial charge in [0.2, 0.25) is 0 Å². The second kappa shape index (κ2) is 4.93. The van der Waals surface area contributed by atoms with E-state index < -0.39 is 5.60 Å². The molecule has 1 aromatic rings. The molecule has 1 amide bonds. The molecular weight excluding hydrogens is 264 g/mol. The van der Waals surface area contributed by atoms with Crippen LogP contribution in [0.15, 0.2) is 12.1 Å². The van der Waals surface area contributed by atoms with Crippen LogP contribution >= 0.6 is 11.6 Å². The van der Waals surface area contributed by atoms with Gasteiger partial charge in [-0.1, -0.05) is 11.6 Å². The average Bonchev–Trinajstić information content (AvgIpc) is 2.73. The smallest absolute Gasteiger partial charge is 0.410 e.